The number of benzene rings is 2. The molecule has 0 aliphatic heterocycles. The lowest BCUT2D eigenvalue weighted by molar-refractivity contribution is 0.705. The van der Waals surface area contributed by atoms with E-state index in [1.54, 1.807) is 0 Å². The Morgan fingerprint density at radius 3 is 2.26 bits per heavy atom. The molecule has 19 heavy (non-hydrogen) atoms. The Bertz CT molecular complexity index is 526. The van der Waals surface area contributed by atoms with E-state index in [0.717, 1.165) is 18.2 Å². The lowest BCUT2D eigenvalue weighted by atomic mass is 9.88. The van der Waals surface area contributed by atoms with E-state index in [9.17, 15) is 0 Å². The molecule has 100 valence electrons. The summed E-state index contributed by atoms with van der Waals surface area (Å²) in [5.41, 5.74) is 2.54. The predicted molar refractivity (Wildman–Crippen MR) is 87.8 cm³/mol. The van der Waals surface area contributed by atoms with E-state index < -0.39 is 0 Å². The maximum Gasteiger partial charge on any atom is 0.0595 e. The summed E-state index contributed by atoms with van der Waals surface area (Å²) in [6.07, 6.45) is 2.22. The molecule has 0 N–H and O–H groups in total. The van der Waals surface area contributed by atoms with E-state index in [1.807, 2.05) is 18.2 Å². The largest absolute Gasteiger partial charge is 0.0928 e. The number of hydrogen-bond acceptors (Lipinski definition) is 0. The summed E-state index contributed by atoms with van der Waals surface area (Å²) in [6.45, 7) is 0. The van der Waals surface area contributed by atoms with Gasteiger partial charge in [-0.25, -0.2) is 0 Å². The molecule has 0 saturated carbocycles. The molecule has 1 atom stereocenters. The van der Waals surface area contributed by atoms with Crippen molar-refractivity contribution in [1.82, 2.24) is 0 Å². The second-order valence-corrected chi connectivity index (χ2v) is 6.08. The Morgan fingerprint density at radius 1 is 0.895 bits per heavy atom. The summed E-state index contributed by atoms with van der Waals surface area (Å²) in [7, 11) is 0. The average Bonchev–Trinajstić information content (AvgIpc) is 2.44. The minimum Gasteiger partial charge on any atom is -0.0928 e. The Labute approximate surface area is 132 Å². The molecule has 0 aliphatic carbocycles. The van der Waals surface area contributed by atoms with Crippen LogP contribution < -0.4 is 0 Å². The number of hydrogen-bond donors (Lipinski definition) is 0. The van der Waals surface area contributed by atoms with Crippen molar-refractivity contribution in [3.8, 4) is 0 Å². The van der Waals surface area contributed by atoms with Gasteiger partial charge < -0.3 is 0 Å². The number of halogens is 3. The normalized spacial score (nSPS) is 12.4. The highest BCUT2D eigenvalue weighted by molar-refractivity contribution is 9.09. The zero-order valence-corrected chi connectivity index (χ0v) is 13.5. The lowest BCUT2D eigenvalue weighted by Gasteiger charge is -2.18. The van der Waals surface area contributed by atoms with Crippen molar-refractivity contribution in [2.45, 2.75) is 18.8 Å². The molecular formula is C16H15BrCl2. The first-order valence-electron chi connectivity index (χ1n) is 6.28. The zero-order chi connectivity index (χ0) is 13.7. The predicted octanol–water partition coefficient (Wildman–Crippen LogP) is 6.30. The van der Waals surface area contributed by atoms with E-state index in [4.69, 9.17) is 23.2 Å². The summed E-state index contributed by atoms with van der Waals surface area (Å²) in [6, 6.07) is 16.5. The van der Waals surface area contributed by atoms with E-state index in [1.165, 1.54) is 11.1 Å². The third kappa shape index (κ3) is 3.98. The molecular weight excluding hydrogens is 343 g/mol. The third-order valence-electron chi connectivity index (χ3n) is 3.17. The van der Waals surface area contributed by atoms with Crippen LogP contribution in [0.3, 0.4) is 0 Å². The summed E-state index contributed by atoms with van der Waals surface area (Å²) >= 11 is 15.6. The quantitative estimate of drug-likeness (QED) is 0.550. The summed E-state index contributed by atoms with van der Waals surface area (Å²) in [5.74, 6) is 0.369. The van der Waals surface area contributed by atoms with Gasteiger partial charge in [-0.05, 0) is 36.1 Å². The van der Waals surface area contributed by atoms with Gasteiger partial charge in [0.15, 0.2) is 0 Å². The van der Waals surface area contributed by atoms with Crippen LogP contribution in [-0.2, 0) is 0 Å². The second kappa shape index (κ2) is 7.33. The van der Waals surface area contributed by atoms with Crippen LogP contribution in [0.15, 0.2) is 48.5 Å². The molecule has 0 aliphatic rings. The van der Waals surface area contributed by atoms with Gasteiger partial charge in [0.25, 0.3) is 0 Å². The van der Waals surface area contributed by atoms with Crippen LogP contribution >= 0.6 is 39.1 Å². The Kier molecular flexibility index (Phi) is 5.75. The van der Waals surface area contributed by atoms with E-state index in [-0.39, 0.29) is 0 Å². The van der Waals surface area contributed by atoms with Crippen LogP contribution in [0.4, 0.5) is 0 Å². The monoisotopic (exact) mass is 356 g/mol. The SMILES string of the molecule is Clc1ccc([C@@H](CCCBr)c2ccccc2)cc1Cl. The molecule has 0 aromatic heterocycles. The van der Waals surface area contributed by atoms with Gasteiger partial charge in [-0.2, -0.15) is 0 Å². The molecule has 0 unspecified atom stereocenters. The van der Waals surface area contributed by atoms with Crippen molar-refractivity contribution < 1.29 is 0 Å². The van der Waals surface area contributed by atoms with Crippen molar-refractivity contribution in [2.75, 3.05) is 5.33 Å². The van der Waals surface area contributed by atoms with Gasteiger partial charge in [0.1, 0.15) is 0 Å². The fourth-order valence-corrected chi connectivity index (χ4v) is 2.85. The molecule has 2 rings (SSSR count). The molecule has 3 heteroatoms. The molecule has 0 bridgehead atoms. The van der Waals surface area contributed by atoms with Gasteiger partial charge in [-0.1, -0.05) is 75.5 Å². The fourth-order valence-electron chi connectivity index (χ4n) is 2.22. The maximum absolute atomic E-state index is 6.14. The minimum atomic E-state index is 0.369. The standard InChI is InChI=1S/C16H15BrCl2/c17-10-4-7-14(12-5-2-1-3-6-12)13-8-9-15(18)16(19)11-13/h1-3,5-6,8-9,11,14H,4,7,10H2/t14-/m0/s1. The lowest BCUT2D eigenvalue weighted by Crippen LogP contribution is -2.01. The second-order valence-electron chi connectivity index (χ2n) is 4.47. The summed E-state index contributed by atoms with van der Waals surface area (Å²) in [4.78, 5) is 0. The van der Waals surface area contributed by atoms with Gasteiger partial charge in [0.2, 0.25) is 0 Å². The first-order chi connectivity index (χ1) is 9.22. The van der Waals surface area contributed by atoms with Crippen molar-refractivity contribution in [2.24, 2.45) is 0 Å². The maximum atomic E-state index is 6.14. The van der Waals surface area contributed by atoms with Crippen LogP contribution in [0.1, 0.15) is 29.9 Å². The summed E-state index contributed by atoms with van der Waals surface area (Å²) in [5, 5.41) is 2.24. The fraction of sp³-hybridized carbons (Fsp3) is 0.250. The topological polar surface area (TPSA) is 0 Å². The smallest absolute Gasteiger partial charge is 0.0595 e. The molecule has 0 heterocycles. The molecule has 0 spiro atoms. The van der Waals surface area contributed by atoms with Crippen LogP contribution in [0.5, 0.6) is 0 Å². The van der Waals surface area contributed by atoms with E-state index in [2.05, 4.69) is 46.3 Å². The summed E-state index contributed by atoms with van der Waals surface area (Å²) < 4.78 is 0. The molecule has 0 amide bonds. The van der Waals surface area contributed by atoms with Gasteiger partial charge in [-0.15, -0.1) is 0 Å². The highest BCUT2D eigenvalue weighted by Crippen LogP contribution is 2.33. The van der Waals surface area contributed by atoms with Crippen molar-refractivity contribution in [3.05, 3.63) is 69.7 Å². The third-order valence-corrected chi connectivity index (χ3v) is 4.47. The van der Waals surface area contributed by atoms with Gasteiger partial charge in [-0.3, -0.25) is 0 Å². The Hall–Kier alpha value is -0.500. The first-order valence-corrected chi connectivity index (χ1v) is 8.16. The van der Waals surface area contributed by atoms with E-state index in [0.29, 0.717) is 16.0 Å². The number of alkyl halides is 1. The van der Waals surface area contributed by atoms with Gasteiger partial charge in [0, 0.05) is 11.2 Å². The zero-order valence-electron chi connectivity index (χ0n) is 10.5. The van der Waals surface area contributed by atoms with Crippen molar-refractivity contribution in [1.29, 1.82) is 0 Å². The highest BCUT2D eigenvalue weighted by atomic mass is 79.9. The first kappa shape index (κ1) is 14.9. The Morgan fingerprint density at radius 2 is 1.63 bits per heavy atom. The van der Waals surface area contributed by atoms with Crippen LogP contribution in [0, 0.1) is 0 Å². The molecule has 0 saturated heterocycles. The van der Waals surface area contributed by atoms with Gasteiger partial charge >= 0.3 is 0 Å². The Balaban J connectivity index is 2.34. The van der Waals surface area contributed by atoms with Crippen LogP contribution in [0.25, 0.3) is 0 Å². The molecule has 2 aromatic carbocycles. The average molecular weight is 358 g/mol. The minimum absolute atomic E-state index is 0.369. The molecule has 0 fully saturated rings. The number of rotatable bonds is 5. The van der Waals surface area contributed by atoms with Crippen molar-refractivity contribution in [3.63, 3.8) is 0 Å². The molecule has 0 radical (unpaired) electrons. The van der Waals surface area contributed by atoms with E-state index >= 15 is 0 Å². The highest BCUT2D eigenvalue weighted by Gasteiger charge is 2.14. The molecule has 2 aromatic rings. The van der Waals surface area contributed by atoms with Crippen LogP contribution in [-0.4, -0.2) is 5.33 Å². The van der Waals surface area contributed by atoms with Crippen LogP contribution in [0.2, 0.25) is 10.0 Å². The van der Waals surface area contributed by atoms with Gasteiger partial charge in [0.05, 0.1) is 10.0 Å². The molecule has 0 nitrogen and oxygen atoms in total. The van der Waals surface area contributed by atoms with Crippen molar-refractivity contribution >= 4 is 39.1 Å².